The molecule has 0 spiro atoms. The van der Waals surface area contributed by atoms with Crippen molar-refractivity contribution in [3.05, 3.63) is 53.8 Å². The Hall–Kier alpha value is -3.03. The Balaban J connectivity index is 1.58. The minimum absolute atomic E-state index is 0.0916. The molecule has 0 aliphatic carbocycles. The molecule has 0 N–H and O–H groups in total. The maximum absolute atomic E-state index is 14.7. The van der Waals surface area contributed by atoms with Gasteiger partial charge in [0.05, 0.1) is 0 Å². The van der Waals surface area contributed by atoms with Crippen LogP contribution < -0.4 is 0 Å². The first-order valence-corrected chi connectivity index (χ1v) is 8.90. The molecule has 1 amide bonds. The Kier molecular flexibility index (Phi) is 4.25. The van der Waals surface area contributed by atoms with Crippen LogP contribution in [0.5, 0.6) is 0 Å². The molecule has 1 saturated heterocycles. The molecule has 7 nitrogen and oxygen atoms in total. The third kappa shape index (κ3) is 3.01. The summed E-state index contributed by atoms with van der Waals surface area (Å²) >= 11 is 0. The number of halogens is 1. The highest BCUT2D eigenvalue weighted by atomic mass is 19.1. The summed E-state index contributed by atoms with van der Waals surface area (Å²) < 4.78 is 17.7. The maximum Gasteiger partial charge on any atom is 0.277 e. The second-order valence-electron chi connectivity index (χ2n) is 7.00. The number of imidazole rings is 2. The van der Waals surface area contributed by atoms with Crippen molar-refractivity contribution in [1.82, 2.24) is 23.8 Å². The van der Waals surface area contributed by atoms with Crippen LogP contribution in [0.2, 0.25) is 0 Å². The maximum atomic E-state index is 14.7. The van der Waals surface area contributed by atoms with Crippen molar-refractivity contribution >= 4 is 17.3 Å². The van der Waals surface area contributed by atoms with Crippen LogP contribution in [0, 0.1) is 18.8 Å². The number of piperidine rings is 1. The standard InChI is InChI=1S/C19H20FN5O2/c1-12-5-6-14-22-15(17(20)25(14)10-12)19(27)24-8-3-4-13(11-24)16(26)18-21-7-9-23(18)2/h5-7,9-10,13H,3-4,8,11H2,1-2H3. The van der Waals surface area contributed by atoms with E-state index in [1.54, 1.807) is 36.3 Å². The molecule has 1 aliphatic heterocycles. The molecule has 4 heterocycles. The van der Waals surface area contributed by atoms with Gasteiger partial charge in [-0.1, -0.05) is 6.07 Å². The lowest BCUT2D eigenvalue weighted by Crippen LogP contribution is -2.43. The second-order valence-corrected chi connectivity index (χ2v) is 7.00. The summed E-state index contributed by atoms with van der Waals surface area (Å²) in [5.74, 6) is -1.21. The van der Waals surface area contributed by atoms with Gasteiger partial charge in [-0.2, -0.15) is 4.39 Å². The van der Waals surface area contributed by atoms with Crippen LogP contribution in [-0.2, 0) is 7.05 Å². The highest BCUT2D eigenvalue weighted by molar-refractivity contribution is 5.97. The number of hydrogen-bond acceptors (Lipinski definition) is 4. The van der Waals surface area contributed by atoms with E-state index in [1.165, 1.54) is 9.30 Å². The van der Waals surface area contributed by atoms with E-state index in [-0.39, 0.29) is 23.9 Å². The minimum Gasteiger partial charge on any atom is -0.336 e. The molecule has 8 heteroatoms. The molecule has 27 heavy (non-hydrogen) atoms. The lowest BCUT2D eigenvalue weighted by Gasteiger charge is -2.31. The Morgan fingerprint density at radius 1 is 1.30 bits per heavy atom. The quantitative estimate of drug-likeness (QED) is 0.664. The van der Waals surface area contributed by atoms with Crippen molar-refractivity contribution in [1.29, 1.82) is 0 Å². The lowest BCUT2D eigenvalue weighted by molar-refractivity contribution is 0.0624. The number of rotatable bonds is 3. The summed E-state index contributed by atoms with van der Waals surface area (Å²) in [4.78, 5) is 35.4. The zero-order valence-corrected chi connectivity index (χ0v) is 15.2. The molecule has 1 aliphatic rings. The molecule has 0 saturated carbocycles. The zero-order chi connectivity index (χ0) is 19.1. The van der Waals surface area contributed by atoms with Crippen LogP contribution in [0.25, 0.3) is 5.65 Å². The third-order valence-electron chi connectivity index (χ3n) is 5.03. The fraction of sp³-hybridized carbons (Fsp3) is 0.368. The van der Waals surface area contributed by atoms with Crippen LogP contribution in [0.4, 0.5) is 4.39 Å². The molecule has 4 rings (SSSR count). The largest absolute Gasteiger partial charge is 0.336 e. The van der Waals surface area contributed by atoms with Crippen LogP contribution in [-0.4, -0.2) is 48.6 Å². The lowest BCUT2D eigenvalue weighted by atomic mass is 9.93. The molecule has 0 aromatic carbocycles. The molecule has 3 aromatic heterocycles. The van der Waals surface area contributed by atoms with Gasteiger partial charge in [0.2, 0.25) is 11.7 Å². The van der Waals surface area contributed by atoms with Gasteiger partial charge < -0.3 is 9.47 Å². The Morgan fingerprint density at radius 3 is 2.85 bits per heavy atom. The van der Waals surface area contributed by atoms with Crippen molar-refractivity contribution in [2.24, 2.45) is 13.0 Å². The van der Waals surface area contributed by atoms with E-state index in [9.17, 15) is 14.0 Å². The SMILES string of the molecule is Cc1ccc2nc(C(=O)N3CCCC(C(=O)c4nccn4C)C3)c(F)n2c1. The number of likely N-dealkylation sites (tertiary alicyclic amines) is 1. The van der Waals surface area contributed by atoms with Gasteiger partial charge in [0.1, 0.15) is 5.65 Å². The third-order valence-corrected chi connectivity index (χ3v) is 5.03. The highest BCUT2D eigenvalue weighted by Gasteiger charge is 2.33. The van der Waals surface area contributed by atoms with Crippen molar-refractivity contribution in [2.75, 3.05) is 13.1 Å². The number of carbonyl (C=O) groups is 2. The Bertz CT molecular complexity index is 1040. The molecule has 0 radical (unpaired) electrons. The van der Waals surface area contributed by atoms with Gasteiger partial charge in [-0.15, -0.1) is 0 Å². The molecule has 1 fully saturated rings. The number of pyridine rings is 1. The van der Waals surface area contributed by atoms with Crippen molar-refractivity contribution in [3.63, 3.8) is 0 Å². The number of hydrogen-bond donors (Lipinski definition) is 0. The Labute approximate surface area is 155 Å². The van der Waals surface area contributed by atoms with E-state index in [4.69, 9.17) is 0 Å². The summed E-state index contributed by atoms with van der Waals surface area (Å²) in [6, 6.07) is 3.50. The number of nitrogens with zero attached hydrogens (tertiary/aromatic N) is 5. The molecule has 1 unspecified atom stereocenters. The number of amides is 1. The van der Waals surface area contributed by atoms with Crippen LogP contribution in [0.1, 0.15) is 39.5 Å². The van der Waals surface area contributed by atoms with E-state index in [2.05, 4.69) is 9.97 Å². The molecule has 1 atom stereocenters. The number of aryl methyl sites for hydroxylation is 2. The van der Waals surface area contributed by atoms with Gasteiger partial charge in [0.15, 0.2) is 11.5 Å². The van der Waals surface area contributed by atoms with Gasteiger partial charge in [-0.25, -0.2) is 9.97 Å². The van der Waals surface area contributed by atoms with E-state index in [1.807, 2.05) is 13.0 Å². The number of ketones is 1. The van der Waals surface area contributed by atoms with Gasteiger partial charge >= 0.3 is 0 Å². The highest BCUT2D eigenvalue weighted by Crippen LogP contribution is 2.23. The zero-order valence-electron chi connectivity index (χ0n) is 15.2. The van der Waals surface area contributed by atoms with Crippen LogP contribution in [0.3, 0.4) is 0 Å². The van der Waals surface area contributed by atoms with Gasteiger partial charge in [-0.05, 0) is 31.4 Å². The summed E-state index contributed by atoms with van der Waals surface area (Å²) in [5.41, 5.74) is 1.06. The summed E-state index contributed by atoms with van der Waals surface area (Å²) in [7, 11) is 1.76. The van der Waals surface area contributed by atoms with E-state index in [0.717, 1.165) is 5.56 Å². The molecule has 0 bridgehead atoms. The minimum atomic E-state index is -0.670. The van der Waals surface area contributed by atoms with Crippen molar-refractivity contribution < 1.29 is 14.0 Å². The monoisotopic (exact) mass is 369 g/mol. The Morgan fingerprint density at radius 2 is 2.11 bits per heavy atom. The van der Waals surface area contributed by atoms with Crippen LogP contribution in [0.15, 0.2) is 30.7 Å². The second kappa shape index (κ2) is 6.61. The predicted octanol–water partition coefficient (Wildman–Crippen LogP) is 2.25. The first-order chi connectivity index (χ1) is 13.0. The predicted molar refractivity (Wildman–Crippen MR) is 96.1 cm³/mol. The number of aromatic nitrogens is 4. The van der Waals surface area contributed by atoms with E-state index < -0.39 is 11.9 Å². The molecular formula is C19H20FN5O2. The first kappa shape index (κ1) is 17.4. The van der Waals surface area contributed by atoms with E-state index in [0.29, 0.717) is 30.9 Å². The first-order valence-electron chi connectivity index (χ1n) is 8.90. The van der Waals surface area contributed by atoms with Crippen molar-refractivity contribution in [2.45, 2.75) is 19.8 Å². The molecule has 3 aromatic rings. The topological polar surface area (TPSA) is 72.5 Å². The summed E-state index contributed by atoms with van der Waals surface area (Å²) in [6.07, 6.45) is 6.26. The smallest absolute Gasteiger partial charge is 0.277 e. The number of carbonyl (C=O) groups excluding carboxylic acids is 2. The average Bonchev–Trinajstić information content (AvgIpc) is 3.24. The molecule has 140 valence electrons. The van der Waals surface area contributed by atoms with Crippen LogP contribution >= 0.6 is 0 Å². The van der Waals surface area contributed by atoms with E-state index >= 15 is 0 Å². The number of Topliss-reactive ketones (excluding diaryl/α,β-unsaturated/α-hetero) is 1. The van der Waals surface area contributed by atoms with Gasteiger partial charge in [-0.3, -0.25) is 14.0 Å². The molecular weight excluding hydrogens is 349 g/mol. The van der Waals surface area contributed by atoms with Crippen molar-refractivity contribution in [3.8, 4) is 0 Å². The van der Waals surface area contributed by atoms with Gasteiger partial charge in [0, 0.05) is 44.6 Å². The fourth-order valence-corrected chi connectivity index (χ4v) is 3.57. The average molecular weight is 369 g/mol. The summed E-state index contributed by atoms with van der Waals surface area (Å²) in [6.45, 7) is 2.57. The summed E-state index contributed by atoms with van der Waals surface area (Å²) in [5, 5.41) is 0. The number of fused-ring (bicyclic) bond motifs is 1. The fourth-order valence-electron chi connectivity index (χ4n) is 3.57. The van der Waals surface area contributed by atoms with Gasteiger partial charge in [0.25, 0.3) is 5.91 Å². The normalized spacial score (nSPS) is 17.4.